The number of hydrogen-bond donors (Lipinski definition) is 1. The second kappa shape index (κ2) is 10.5. The molecule has 0 radical (unpaired) electrons. The molecule has 10 heteroatoms. The van der Waals surface area contributed by atoms with Crippen molar-refractivity contribution in [3.63, 3.8) is 0 Å². The van der Waals surface area contributed by atoms with Gasteiger partial charge >= 0.3 is 0 Å². The summed E-state index contributed by atoms with van der Waals surface area (Å²) in [5, 5.41) is 13.2. The monoisotopic (exact) mass is 463 g/mol. The van der Waals surface area contributed by atoms with Crippen LogP contribution in [0.2, 0.25) is 0 Å². The summed E-state index contributed by atoms with van der Waals surface area (Å²) < 4.78 is 17.6. The predicted octanol–water partition coefficient (Wildman–Crippen LogP) is 3.79. The van der Waals surface area contributed by atoms with Crippen molar-refractivity contribution >= 4 is 23.9 Å². The number of thioether (sulfide) groups is 1. The lowest BCUT2D eigenvalue weighted by atomic mass is 10.2. The fourth-order valence-corrected chi connectivity index (χ4v) is 3.69. The Balaban J connectivity index is 1.56. The molecule has 33 heavy (non-hydrogen) atoms. The minimum atomic E-state index is -0.280. The van der Waals surface area contributed by atoms with Gasteiger partial charge in [0.2, 0.25) is 0 Å². The average molecular weight is 464 g/mol. The highest BCUT2D eigenvalue weighted by Gasteiger charge is 2.17. The summed E-state index contributed by atoms with van der Waals surface area (Å²) in [5.41, 5.74) is 4.18. The number of amides is 1. The van der Waals surface area contributed by atoms with E-state index in [9.17, 15) is 4.79 Å². The Morgan fingerprint density at radius 1 is 1.06 bits per heavy atom. The third-order valence-electron chi connectivity index (χ3n) is 4.57. The van der Waals surface area contributed by atoms with Gasteiger partial charge in [0.05, 0.1) is 32.5 Å². The zero-order valence-electron chi connectivity index (χ0n) is 18.0. The molecule has 0 aliphatic carbocycles. The molecule has 0 saturated carbocycles. The molecule has 0 atom stereocenters. The number of benzene rings is 2. The number of ether oxygens (including phenoxy) is 2. The van der Waals surface area contributed by atoms with E-state index in [0.717, 1.165) is 22.7 Å². The number of furan rings is 1. The Labute approximate surface area is 194 Å². The molecule has 0 aliphatic heterocycles. The molecule has 4 rings (SSSR count). The zero-order chi connectivity index (χ0) is 23.0. The van der Waals surface area contributed by atoms with Gasteiger partial charge in [-0.15, -0.1) is 10.2 Å². The molecule has 2 heterocycles. The van der Waals surface area contributed by atoms with Crippen LogP contribution in [-0.2, 0) is 4.79 Å². The van der Waals surface area contributed by atoms with E-state index in [0.29, 0.717) is 16.7 Å². The van der Waals surface area contributed by atoms with Crippen LogP contribution in [0.5, 0.6) is 11.5 Å². The number of hydrazone groups is 1. The molecule has 0 bridgehead atoms. The lowest BCUT2D eigenvalue weighted by molar-refractivity contribution is -0.118. The smallest absolute Gasteiger partial charge is 0.250 e. The molecule has 0 unspecified atom stereocenters. The van der Waals surface area contributed by atoms with Crippen molar-refractivity contribution in [2.45, 2.75) is 5.16 Å². The molecule has 168 valence electrons. The lowest BCUT2D eigenvalue weighted by Gasteiger charge is -2.11. The Kier molecular flexibility index (Phi) is 7.06. The molecular weight excluding hydrogens is 442 g/mol. The fourth-order valence-electron chi connectivity index (χ4n) is 2.95. The first kappa shape index (κ1) is 22.2. The SMILES string of the molecule is COc1ccc(-c2nnc(SCC(=O)NN=Cc3ccco3)n2-c2ccc(OC)cc2)cc1. The number of rotatable bonds is 9. The van der Waals surface area contributed by atoms with Gasteiger partial charge in [-0.05, 0) is 60.7 Å². The van der Waals surface area contributed by atoms with E-state index in [4.69, 9.17) is 13.9 Å². The number of aromatic nitrogens is 3. The molecule has 2 aromatic carbocycles. The number of carbonyl (C=O) groups is 1. The van der Waals surface area contributed by atoms with Crippen LogP contribution < -0.4 is 14.9 Å². The normalized spacial score (nSPS) is 11.0. The lowest BCUT2D eigenvalue weighted by Crippen LogP contribution is -2.19. The fraction of sp³-hybridized carbons (Fsp3) is 0.130. The van der Waals surface area contributed by atoms with Crippen molar-refractivity contribution in [3.05, 3.63) is 72.7 Å². The highest BCUT2D eigenvalue weighted by molar-refractivity contribution is 7.99. The maximum Gasteiger partial charge on any atom is 0.250 e. The first-order valence-electron chi connectivity index (χ1n) is 9.90. The maximum atomic E-state index is 12.3. The largest absolute Gasteiger partial charge is 0.497 e. The van der Waals surface area contributed by atoms with Gasteiger partial charge in [0.15, 0.2) is 11.0 Å². The van der Waals surface area contributed by atoms with Gasteiger partial charge in [0.25, 0.3) is 5.91 Å². The Hall–Kier alpha value is -4.05. The van der Waals surface area contributed by atoms with Gasteiger partial charge < -0.3 is 13.9 Å². The van der Waals surface area contributed by atoms with E-state index in [2.05, 4.69) is 20.7 Å². The van der Waals surface area contributed by atoms with E-state index in [1.54, 1.807) is 26.4 Å². The third-order valence-corrected chi connectivity index (χ3v) is 5.50. The van der Waals surface area contributed by atoms with Gasteiger partial charge in [0.1, 0.15) is 17.3 Å². The summed E-state index contributed by atoms with van der Waals surface area (Å²) in [6.07, 6.45) is 2.97. The molecule has 0 spiro atoms. The summed E-state index contributed by atoms with van der Waals surface area (Å²) in [5.74, 6) is 2.49. The van der Waals surface area contributed by atoms with E-state index in [1.807, 2.05) is 53.1 Å². The summed E-state index contributed by atoms with van der Waals surface area (Å²) >= 11 is 1.26. The van der Waals surface area contributed by atoms with Gasteiger partial charge in [-0.2, -0.15) is 5.10 Å². The van der Waals surface area contributed by atoms with Crippen LogP contribution in [0.15, 0.2) is 81.6 Å². The standard InChI is InChI=1S/C23H21N5O4S/c1-30-18-9-5-16(6-10-18)22-26-27-23(28(22)17-7-11-19(31-2)12-8-17)33-15-21(29)25-24-14-20-4-3-13-32-20/h3-14H,15H2,1-2H3,(H,25,29). The van der Waals surface area contributed by atoms with Crippen molar-refractivity contribution in [2.75, 3.05) is 20.0 Å². The summed E-state index contributed by atoms with van der Waals surface area (Å²) in [6.45, 7) is 0. The average Bonchev–Trinajstić information content (AvgIpc) is 3.53. The summed E-state index contributed by atoms with van der Waals surface area (Å²) in [4.78, 5) is 12.3. The molecule has 0 saturated heterocycles. The zero-order valence-corrected chi connectivity index (χ0v) is 18.8. The molecule has 4 aromatic rings. The van der Waals surface area contributed by atoms with Crippen molar-refractivity contribution < 1.29 is 18.7 Å². The Morgan fingerprint density at radius 2 is 1.76 bits per heavy atom. The molecule has 0 fully saturated rings. The Bertz CT molecular complexity index is 1220. The molecule has 1 N–H and O–H groups in total. The first-order chi connectivity index (χ1) is 16.2. The van der Waals surface area contributed by atoms with E-state index in [-0.39, 0.29) is 11.7 Å². The minimum absolute atomic E-state index is 0.104. The minimum Gasteiger partial charge on any atom is -0.497 e. The van der Waals surface area contributed by atoms with Crippen LogP contribution >= 0.6 is 11.8 Å². The number of nitrogens with one attached hydrogen (secondary N) is 1. The first-order valence-corrected chi connectivity index (χ1v) is 10.9. The highest BCUT2D eigenvalue weighted by atomic mass is 32.2. The predicted molar refractivity (Wildman–Crippen MR) is 125 cm³/mol. The molecule has 2 aromatic heterocycles. The maximum absolute atomic E-state index is 12.3. The van der Waals surface area contributed by atoms with Crippen LogP contribution in [0.3, 0.4) is 0 Å². The van der Waals surface area contributed by atoms with Crippen molar-refractivity contribution in [2.24, 2.45) is 5.10 Å². The van der Waals surface area contributed by atoms with Gasteiger partial charge in [0, 0.05) is 11.3 Å². The van der Waals surface area contributed by atoms with E-state index >= 15 is 0 Å². The number of carbonyl (C=O) groups excluding carboxylic acids is 1. The molecule has 9 nitrogen and oxygen atoms in total. The van der Waals surface area contributed by atoms with Crippen molar-refractivity contribution in [1.82, 2.24) is 20.2 Å². The summed E-state index contributed by atoms with van der Waals surface area (Å²) in [7, 11) is 3.23. The number of hydrogen-bond acceptors (Lipinski definition) is 8. The van der Waals surface area contributed by atoms with Crippen molar-refractivity contribution in [3.8, 4) is 28.6 Å². The second-order valence-corrected chi connectivity index (χ2v) is 7.61. The topological polar surface area (TPSA) is 104 Å². The van der Waals surface area contributed by atoms with Crippen LogP contribution in [0.4, 0.5) is 0 Å². The van der Waals surface area contributed by atoms with Gasteiger partial charge in [-0.25, -0.2) is 5.43 Å². The van der Waals surface area contributed by atoms with E-state index < -0.39 is 0 Å². The molecular formula is C23H21N5O4S. The van der Waals surface area contributed by atoms with E-state index in [1.165, 1.54) is 24.2 Å². The molecule has 0 aliphatic rings. The Morgan fingerprint density at radius 3 is 2.39 bits per heavy atom. The van der Waals surface area contributed by atoms with Crippen LogP contribution in [-0.4, -0.2) is 46.9 Å². The number of methoxy groups -OCH3 is 2. The third kappa shape index (κ3) is 5.42. The second-order valence-electron chi connectivity index (χ2n) is 6.67. The van der Waals surface area contributed by atoms with Crippen LogP contribution in [0.25, 0.3) is 17.1 Å². The highest BCUT2D eigenvalue weighted by Crippen LogP contribution is 2.29. The molecule has 1 amide bonds. The number of nitrogens with zero attached hydrogens (tertiary/aromatic N) is 4. The quantitative estimate of drug-likeness (QED) is 0.229. The van der Waals surface area contributed by atoms with Gasteiger partial charge in [-0.1, -0.05) is 11.8 Å². The summed E-state index contributed by atoms with van der Waals surface area (Å²) in [6, 6.07) is 18.6. The van der Waals surface area contributed by atoms with Crippen LogP contribution in [0, 0.1) is 0 Å². The van der Waals surface area contributed by atoms with Crippen molar-refractivity contribution in [1.29, 1.82) is 0 Å². The van der Waals surface area contributed by atoms with Gasteiger partial charge in [-0.3, -0.25) is 9.36 Å². The van der Waals surface area contributed by atoms with Crippen LogP contribution in [0.1, 0.15) is 5.76 Å².